The minimum Gasteiger partial charge on any atom is -0.262 e. The van der Waals surface area contributed by atoms with Crippen LogP contribution in [0.4, 0.5) is 0 Å². The molecule has 0 spiro atoms. The molecule has 0 aromatic carbocycles. The smallest absolute Gasteiger partial charge is 0.179 e. The fourth-order valence-electron chi connectivity index (χ4n) is 2.09. The van der Waals surface area contributed by atoms with Crippen molar-refractivity contribution in [3.8, 4) is 11.5 Å². The largest absolute Gasteiger partial charge is 0.262 e. The molecular formula is C13H14BrClN4. The van der Waals surface area contributed by atoms with Gasteiger partial charge in [-0.1, -0.05) is 18.5 Å². The lowest BCUT2D eigenvalue weighted by Crippen LogP contribution is -2.05. The van der Waals surface area contributed by atoms with Gasteiger partial charge in [0.2, 0.25) is 0 Å². The first-order valence-electron chi connectivity index (χ1n) is 6.45. The first kappa shape index (κ1) is 13.1. The SMILES string of the molecule is CCCn1nccc1-c1nc(Cl)c(Br)c(C2CC2)n1. The van der Waals surface area contributed by atoms with Crippen LogP contribution in [0.1, 0.15) is 37.8 Å². The van der Waals surface area contributed by atoms with Crippen molar-refractivity contribution in [1.82, 2.24) is 19.7 Å². The summed E-state index contributed by atoms with van der Waals surface area (Å²) in [5.41, 5.74) is 1.96. The second kappa shape index (κ2) is 5.21. The second-order valence-electron chi connectivity index (χ2n) is 4.75. The third kappa shape index (κ3) is 2.54. The maximum Gasteiger partial charge on any atom is 0.179 e. The van der Waals surface area contributed by atoms with Crippen molar-refractivity contribution in [2.45, 2.75) is 38.6 Å². The molecule has 0 radical (unpaired) electrons. The average molecular weight is 342 g/mol. The quantitative estimate of drug-likeness (QED) is 0.788. The van der Waals surface area contributed by atoms with Crippen molar-refractivity contribution in [3.05, 3.63) is 27.6 Å². The summed E-state index contributed by atoms with van der Waals surface area (Å²) in [6.07, 6.45) is 5.16. The Balaban J connectivity index is 2.07. The van der Waals surface area contributed by atoms with Crippen LogP contribution in [0.3, 0.4) is 0 Å². The number of aryl methyl sites for hydroxylation is 1. The molecule has 1 saturated carbocycles. The highest BCUT2D eigenvalue weighted by atomic mass is 79.9. The standard InChI is InChI=1S/C13H14BrClN4/c1-2-7-19-9(5-6-16-19)13-17-11(8-3-4-8)10(14)12(15)18-13/h5-6,8H,2-4,7H2,1H3. The van der Waals surface area contributed by atoms with Crippen molar-refractivity contribution < 1.29 is 0 Å². The molecule has 19 heavy (non-hydrogen) atoms. The molecule has 1 fully saturated rings. The Morgan fingerprint density at radius 2 is 2.21 bits per heavy atom. The Labute approximate surface area is 125 Å². The monoisotopic (exact) mass is 340 g/mol. The molecule has 1 aliphatic carbocycles. The van der Waals surface area contributed by atoms with Gasteiger partial charge in [0.1, 0.15) is 10.8 Å². The van der Waals surface area contributed by atoms with E-state index in [1.807, 2.05) is 10.7 Å². The van der Waals surface area contributed by atoms with Crippen LogP contribution in [-0.2, 0) is 6.54 Å². The van der Waals surface area contributed by atoms with Gasteiger partial charge >= 0.3 is 0 Å². The minimum absolute atomic E-state index is 0.483. The molecule has 2 heterocycles. The Morgan fingerprint density at radius 1 is 1.42 bits per heavy atom. The zero-order chi connectivity index (χ0) is 13.4. The summed E-state index contributed by atoms with van der Waals surface area (Å²) >= 11 is 9.70. The van der Waals surface area contributed by atoms with Crippen molar-refractivity contribution >= 4 is 27.5 Å². The zero-order valence-electron chi connectivity index (χ0n) is 10.6. The molecule has 6 heteroatoms. The van der Waals surface area contributed by atoms with Gasteiger partial charge in [-0.25, -0.2) is 9.97 Å². The van der Waals surface area contributed by atoms with Gasteiger partial charge in [-0.2, -0.15) is 5.10 Å². The van der Waals surface area contributed by atoms with Crippen LogP contribution in [0.25, 0.3) is 11.5 Å². The number of nitrogens with zero attached hydrogens (tertiary/aromatic N) is 4. The predicted molar refractivity (Wildman–Crippen MR) is 78.2 cm³/mol. The summed E-state index contributed by atoms with van der Waals surface area (Å²) in [5, 5.41) is 4.79. The minimum atomic E-state index is 0.483. The van der Waals surface area contributed by atoms with Crippen molar-refractivity contribution in [2.75, 3.05) is 0 Å². The summed E-state index contributed by atoms with van der Waals surface area (Å²) < 4.78 is 2.76. The van der Waals surface area contributed by atoms with E-state index in [4.69, 9.17) is 11.6 Å². The Morgan fingerprint density at radius 3 is 2.89 bits per heavy atom. The fraction of sp³-hybridized carbons (Fsp3) is 0.462. The Kier molecular flexibility index (Phi) is 3.58. The second-order valence-corrected chi connectivity index (χ2v) is 5.90. The van der Waals surface area contributed by atoms with Crippen LogP contribution < -0.4 is 0 Å². The summed E-state index contributed by atoms with van der Waals surface area (Å²) in [7, 11) is 0. The summed E-state index contributed by atoms with van der Waals surface area (Å²) in [6, 6.07) is 1.94. The lowest BCUT2D eigenvalue weighted by molar-refractivity contribution is 0.606. The zero-order valence-corrected chi connectivity index (χ0v) is 12.9. The van der Waals surface area contributed by atoms with Gasteiger partial charge < -0.3 is 0 Å². The summed E-state index contributed by atoms with van der Waals surface area (Å²) in [4.78, 5) is 9.05. The van der Waals surface area contributed by atoms with Crippen LogP contribution in [0, 0.1) is 0 Å². The molecule has 2 aromatic rings. The van der Waals surface area contributed by atoms with Crippen LogP contribution in [0.2, 0.25) is 5.15 Å². The van der Waals surface area contributed by atoms with Crippen molar-refractivity contribution in [1.29, 1.82) is 0 Å². The topological polar surface area (TPSA) is 43.6 Å². The maximum absolute atomic E-state index is 6.21. The van der Waals surface area contributed by atoms with Crippen LogP contribution in [0.5, 0.6) is 0 Å². The molecule has 1 aliphatic rings. The van der Waals surface area contributed by atoms with E-state index in [1.54, 1.807) is 6.20 Å². The Bertz CT molecular complexity index is 607. The molecule has 4 nitrogen and oxygen atoms in total. The lowest BCUT2D eigenvalue weighted by Gasteiger charge is -2.09. The van der Waals surface area contributed by atoms with Gasteiger partial charge in [-0.3, -0.25) is 4.68 Å². The van der Waals surface area contributed by atoms with Crippen molar-refractivity contribution in [3.63, 3.8) is 0 Å². The molecule has 0 unspecified atom stereocenters. The lowest BCUT2D eigenvalue weighted by atomic mass is 10.2. The average Bonchev–Trinajstić information content (AvgIpc) is 3.13. The van der Waals surface area contributed by atoms with Gasteiger partial charge in [0.15, 0.2) is 5.82 Å². The molecule has 0 atom stereocenters. The van der Waals surface area contributed by atoms with E-state index >= 15 is 0 Å². The van der Waals surface area contributed by atoms with E-state index in [2.05, 4.69) is 37.9 Å². The molecular weight excluding hydrogens is 328 g/mol. The summed E-state index contributed by atoms with van der Waals surface area (Å²) in [5.74, 6) is 1.19. The number of hydrogen-bond donors (Lipinski definition) is 0. The van der Waals surface area contributed by atoms with Gasteiger partial charge in [0.25, 0.3) is 0 Å². The van der Waals surface area contributed by atoms with Gasteiger partial charge in [0.05, 0.1) is 10.2 Å². The van der Waals surface area contributed by atoms with Crippen LogP contribution in [0.15, 0.2) is 16.7 Å². The Hall–Kier alpha value is -0.940. The molecule has 3 rings (SSSR count). The van der Waals surface area contributed by atoms with E-state index in [0.717, 1.165) is 28.8 Å². The van der Waals surface area contributed by atoms with Crippen LogP contribution >= 0.6 is 27.5 Å². The van der Waals surface area contributed by atoms with Crippen LogP contribution in [-0.4, -0.2) is 19.7 Å². The maximum atomic E-state index is 6.21. The number of halogens is 2. The van der Waals surface area contributed by atoms with E-state index in [0.29, 0.717) is 16.9 Å². The highest BCUT2D eigenvalue weighted by Crippen LogP contribution is 2.44. The molecule has 0 saturated heterocycles. The number of rotatable bonds is 4. The predicted octanol–water partition coefficient (Wildman–Crippen LogP) is 4.04. The third-order valence-electron chi connectivity index (χ3n) is 3.18. The molecule has 2 aromatic heterocycles. The highest BCUT2D eigenvalue weighted by Gasteiger charge is 2.29. The fourth-order valence-corrected chi connectivity index (χ4v) is 2.77. The van der Waals surface area contributed by atoms with Gasteiger partial charge in [-0.15, -0.1) is 0 Å². The molecule has 0 amide bonds. The normalized spacial score (nSPS) is 14.9. The molecule has 0 bridgehead atoms. The first-order valence-corrected chi connectivity index (χ1v) is 7.63. The number of hydrogen-bond acceptors (Lipinski definition) is 3. The van der Waals surface area contributed by atoms with E-state index in [-0.39, 0.29) is 0 Å². The van der Waals surface area contributed by atoms with E-state index in [1.165, 1.54) is 12.8 Å². The third-order valence-corrected chi connectivity index (χ3v) is 4.47. The number of aromatic nitrogens is 4. The van der Waals surface area contributed by atoms with Gasteiger partial charge in [0, 0.05) is 18.7 Å². The van der Waals surface area contributed by atoms with Crippen molar-refractivity contribution in [2.24, 2.45) is 0 Å². The van der Waals surface area contributed by atoms with E-state index < -0.39 is 0 Å². The first-order chi connectivity index (χ1) is 9.20. The molecule has 0 N–H and O–H groups in total. The summed E-state index contributed by atoms with van der Waals surface area (Å²) in [6.45, 7) is 2.98. The molecule has 0 aliphatic heterocycles. The van der Waals surface area contributed by atoms with E-state index in [9.17, 15) is 0 Å². The highest BCUT2D eigenvalue weighted by molar-refractivity contribution is 9.10. The van der Waals surface area contributed by atoms with Gasteiger partial charge in [-0.05, 0) is 41.3 Å². The molecule has 100 valence electrons.